The van der Waals surface area contributed by atoms with Crippen molar-refractivity contribution in [1.29, 1.82) is 5.41 Å². The lowest BCUT2D eigenvalue weighted by molar-refractivity contribution is -0.122. The van der Waals surface area contributed by atoms with E-state index in [0.717, 1.165) is 18.3 Å². The smallest absolute Gasteiger partial charge is 0.265 e. The molecule has 0 aliphatic carbocycles. The minimum atomic E-state index is -0.109. The summed E-state index contributed by atoms with van der Waals surface area (Å²) in [6.07, 6.45) is 11.5. The first-order chi connectivity index (χ1) is 8.60. The molecule has 18 heavy (non-hydrogen) atoms. The zero-order valence-corrected chi connectivity index (χ0v) is 12.4. The molecule has 0 saturated carbocycles. The molecule has 0 aromatic carbocycles. The lowest BCUT2D eigenvalue weighted by Gasteiger charge is -2.16. The predicted octanol–water partition coefficient (Wildman–Crippen LogP) is 3.60. The van der Waals surface area contributed by atoms with Gasteiger partial charge in [-0.1, -0.05) is 36.8 Å². The topological polar surface area (TPSA) is 44.2 Å². The molecule has 0 fully saturated rings. The van der Waals surface area contributed by atoms with Gasteiger partial charge in [0, 0.05) is 6.54 Å². The molecule has 1 N–H and O–H groups in total. The summed E-state index contributed by atoms with van der Waals surface area (Å²) in [4.78, 5) is 14.2. The van der Waals surface area contributed by atoms with Crippen LogP contribution in [0.25, 0.3) is 0 Å². The van der Waals surface area contributed by atoms with Gasteiger partial charge in [-0.15, -0.1) is 11.8 Å². The Labute approximate surface area is 114 Å². The molecule has 0 aromatic heterocycles. The first kappa shape index (κ1) is 16.7. The minimum Gasteiger partial charge on any atom is -0.295 e. The van der Waals surface area contributed by atoms with Gasteiger partial charge in [-0.3, -0.25) is 15.1 Å². The summed E-state index contributed by atoms with van der Waals surface area (Å²) in [7, 11) is 0. The number of hydrogen-bond acceptors (Lipinski definition) is 3. The Morgan fingerprint density at radius 1 is 1.44 bits per heavy atom. The van der Waals surface area contributed by atoms with Crippen molar-refractivity contribution < 1.29 is 4.79 Å². The fraction of sp³-hybridized carbons (Fsp3) is 0.429. The second kappa shape index (κ2) is 9.71. The van der Waals surface area contributed by atoms with Crippen molar-refractivity contribution in [2.75, 3.05) is 12.8 Å². The fourth-order valence-electron chi connectivity index (χ4n) is 1.23. The summed E-state index contributed by atoms with van der Waals surface area (Å²) in [6, 6.07) is 0. The molecule has 4 heteroatoms. The van der Waals surface area contributed by atoms with Crippen molar-refractivity contribution in [3.8, 4) is 0 Å². The third kappa shape index (κ3) is 5.87. The van der Waals surface area contributed by atoms with Gasteiger partial charge in [-0.2, -0.15) is 0 Å². The van der Waals surface area contributed by atoms with Gasteiger partial charge in [-0.25, -0.2) is 0 Å². The van der Waals surface area contributed by atoms with E-state index in [1.807, 2.05) is 51.3 Å². The summed E-state index contributed by atoms with van der Waals surface area (Å²) in [6.45, 7) is 6.38. The molecule has 0 bridgehead atoms. The molecule has 0 aromatic rings. The summed E-state index contributed by atoms with van der Waals surface area (Å²) in [5.41, 5.74) is 1.14. The van der Waals surface area contributed by atoms with E-state index in [4.69, 9.17) is 5.41 Å². The first-order valence-corrected chi connectivity index (χ1v) is 7.18. The number of rotatable bonds is 7. The Morgan fingerprint density at radius 2 is 2.11 bits per heavy atom. The molecule has 1 amide bonds. The number of thioether (sulfide) groups is 1. The van der Waals surface area contributed by atoms with Crippen LogP contribution < -0.4 is 0 Å². The van der Waals surface area contributed by atoms with Gasteiger partial charge in [0.15, 0.2) is 0 Å². The van der Waals surface area contributed by atoms with Gasteiger partial charge in [0.1, 0.15) is 0 Å². The predicted molar refractivity (Wildman–Crippen MR) is 81.0 cm³/mol. The molecule has 0 saturated heterocycles. The molecule has 0 rings (SSSR count). The molecule has 3 nitrogen and oxygen atoms in total. The van der Waals surface area contributed by atoms with Crippen molar-refractivity contribution in [2.24, 2.45) is 0 Å². The minimum absolute atomic E-state index is 0.109. The van der Waals surface area contributed by atoms with Crippen LogP contribution in [0, 0.1) is 5.41 Å². The molecular weight excluding hydrogens is 244 g/mol. The number of nitrogens with zero attached hydrogens (tertiary/aromatic N) is 1. The SMILES string of the molecule is C/C=C(C)\C=C/CN(C=N)C(=O)/C(=C/CC)SC. The molecule has 0 aliphatic heterocycles. The van der Waals surface area contributed by atoms with Crippen molar-refractivity contribution in [2.45, 2.75) is 27.2 Å². The van der Waals surface area contributed by atoms with E-state index in [-0.39, 0.29) is 5.91 Å². The average Bonchev–Trinajstić information content (AvgIpc) is 2.39. The van der Waals surface area contributed by atoms with Gasteiger partial charge in [-0.05, 0) is 26.5 Å². The molecular formula is C14H22N2OS. The van der Waals surface area contributed by atoms with E-state index in [2.05, 4.69) is 0 Å². The number of allylic oxidation sites excluding steroid dienone is 4. The quantitative estimate of drug-likeness (QED) is 0.331. The molecule has 0 heterocycles. The third-order valence-electron chi connectivity index (χ3n) is 2.38. The summed E-state index contributed by atoms with van der Waals surface area (Å²) in [5, 5.41) is 7.32. The van der Waals surface area contributed by atoms with Crippen LogP contribution in [0.4, 0.5) is 0 Å². The van der Waals surface area contributed by atoms with Crippen molar-refractivity contribution in [3.63, 3.8) is 0 Å². The van der Waals surface area contributed by atoms with E-state index >= 15 is 0 Å². The van der Waals surface area contributed by atoms with E-state index < -0.39 is 0 Å². The second-order valence-corrected chi connectivity index (χ2v) is 4.55. The fourth-order valence-corrected chi connectivity index (χ4v) is 1.85. The molecule has 0 spiro atoms. The third-order valence-corrected chi connectivity index (χ3v) is 3.16. The monoisotopic (exact) mass is 266 g/mol. The van der Waals surface area contributed by atoms with Gasteiger partial charge >= 0.3 is 0 Å². The van der Waals surface area contributed by atoms with Crippen molar-refractivity contribution >= 4 is 24.0 Å². The van der Waals surface area contributed by atoms with Gasteiger partial charge < -0.3 is 0 Å². The first-order valence-electron chi connectivity index (χ1n) is 5.95. The number of hydrogen-bond donors (Lipinski definition) is 1. The van der Waals surface area contributed by atoms with Gasteiger partial charge in [0.25, 0.3) is 5.91 Å². The molecule has 0 unspecified atom stereocenters. The number of carbonyl (C=O) groups is 1. The van der Waals surface area contributed by atoms with Crippen LogP contribution >= 0.6 is 11.8 Å². The summed E-state index contributed by atoms with van der Waals surface area (Å²) >= 11 is 1.42. The van der Waals surface area contributed by atoms with E-state index in [9.17, 15) is 4.79 Å². The lowest BCUT2D eigenvalue weighted by Crippen LogP contribution is -2.30. The van der Waals surface area contributed by atoms with Crippen LogP contribution in [0.3, 0.4) is 0 Å². The lowest BCUT2D eigenvalue weighted by atomic mass is 10.2. The molecule has 0 aliphatic rings. The number of nitrogens with one attached hydrogen (secondary N) is 1. The zero-order chi connectivity index (χ0) is 14.0. The van der Waals surface area contributed by atoms with Crippen LogP contribution in [-0.2, 0) is 4.79 Å². The Morgan fingerprint density at radius 3 is 2.56 bits per heavy atom. The molecule has 100 valence electrons. The summed E-state index contributed by atoms with van der Waals surface area (Å²) < 4.78 is 0. The largest absolute Gasteiger partial charge is 0.295 e. The number of carbonyl (C=O) groups excluding carboxylic acids is 1. The Bertz CT molecular complexity index is 370. The van der Waals surface area contributed by atoms with Crippen molar-refractivity contribution in [3.05, 3.63) is 34.8 Å². The maximum atomic E-state index is 12.1. The Balaban J connectivity index is 4.68. The maximum absolute atomic E-state index is 12.1. The van der Waals surface area contributed by atoms with E-state index in [0.29, 0.717) is 11.4 Å². The maximum Gasteiger partial charge on any atom is 0.265 e. The highest BCUT2D eigenvalue weighted by Gasteiger charge is 2.14. The molecule has 0 atom stereocenters. The van der Waals surface area contributed by atoms with Crippen LogP contribution in [0.1, 0.15) is 27.2 Å². The van der Waals surface area contributed by atoms with Crippen LogP contribution in [0.5, 0.6) is 0 Å². The van der Waals surface area contributed by atoms with Crippen LogP contribution in [0.15, 0.2) is 34.8 Å². The number of amides is 1. The average molecular weight is 266 g/mol. The van der Waals surface area contributed by atoms with Crippen molar-refractivity contribution in [1.82, 2.24) is 4.90 Å². The highest BCUT2D eigenvalue weighted by Crippen LogP contribution is 2.15. The van der Waals surface area contributed by atoms with Gasteiger partial charge in [0.05, 0.1) is 11.2 Å². The Hall–Kier alpha value is -1.29. The summed E-state index contributed by atoms with van der Waals surface area (Å²) in [5.74, 6) is -0.109. The zero-order valence-electron chi connectivity index (χ0n) is 11.6. The second-order valence-electron chi connectivity index (χ2n) is 3.70. The highest BCUT2D eigenvalue weighted by atomic mass is 32.2. The normalized spacial score (nSPS) is 12.9. The standard InChI is InChI=1S/C14H22N2OS/c1-5-8-13(18-4)14(17)16(11-15)10-7-9-12(3)6-2/h6-9,11,15H,5,10H2,1-4H3/b9-7-,12-6-,13-8-,15-11?. The molecule has 0 radical (unpaired) electrons. The van der Waals surface area contributed by atoms with Gasteiger partial charge in [0.2, 0.25) is 0 Å². The Kier molecular flexibility index (Phi) is 9.01. The van der Waals surface area contributed by atoms with E-state index in [1.165, 1.54) is 16.7 Å². The van der Waals surface area contributed by atoms with Crippen LogP contribution in [0.2, 0.25) is 0 Å². The highest BCUT2D eigenvalue weighted by molar-refractivity contribution is 8.03. The van der Waals surface area contributed by atoms with E-state index in [1.54, 1.807) is 0 Å². The van der Waals surface area contributed by atoms with Crippen LogP contribution in [-0.4, -0.2) is 29.9 Å².